The van der Waals surface area contributed by atoms with Crippen LogP contribution in [0, 0.1) is 22.2 Å². The van der Waals surface area contributed by atoms with Gasteiger partial charge in [-0.2, -0.15) is 15.5 Å². The molecule has 2 amide bonds. The van der Waals surface area contributed by atoms with E-state index in [9.17, 15) is 14.9 Å². The molecule has 0 spiro atoms. The molecule has 3 aromatic heterocycles. The van der Waals surface area contributed by atoms with Crippen LogP contribution in [0.5, 0.6) is 11.5 Å². The number of aryl methyl sites for hydroxylation is 2. The van der Waals surface area contributed by atoms with Crippen molar-refractivity contribution in [1.29, 1.82) is 5.26 Å². The molecule has 1 atom stereocenters. The fraction of sp³-hybridized carbons (Fsp3) is 0.408. The normalized spacial score (nSPS) is 20.0. The first-order valence-corrected chi connectivity index (χ1v) is 22.8. The van der Waals surface area contributed by atoms with E-state index in [0.29, 0.717) is 52.3 Å². The fourth-order valence-electron chi connectivity index (χ4n) is 10.2. The van der Waals surface area contributed by atoms with Crippen molar-refractivity contribution in [2.75, 3.05) is 54.9 Å². The molecule has 2 fully saturated rings. The molecule has 342 valence electrons. The standard InChI is InChI=1S/C49H55ClN12O4/c1-29-19-41(63)56-39-23-35(21-36(43(39)55-29)30-10-12-40-37(20-30)42(58-60(40)7)33-27-54-59(6)28-33)65-18-8-13-61-14-16-62(17-15-61)47-52-25-32(26-53-47)44(64)57-45-48(2,3)46(49(45,4)5)66-34-11-9-31(24-51)38(50)22-34/h9-12,20-23,25-29,45-46,55H,8,13-19H2,1-7H3,(H,56,63)(H,57,64). The average molecular weight is 912 g/mol. The summed E-state index contributed by atoms with van der Waals surface area (Å²) in [5.74, 6) is 1.58. The van der Waals surface area contributed by atoms with Gasteiger partial charge in [0, 0.05) is 123 Å². The molecule has 0 radical (unpaired) electrons. The largest absolute Gasteiger partial charge is 0.493 e. The number of halogens is 1. The highest BCUT2D eigenvalue weighted by Crippen LogP contribution is 2.55. The number of carbonyl (C=O) groups excluding carboxylic acids is 2. The quantitative estimate of drug-likeness (QED) is 0.105. The zero-order valence-electron chi connectivity index (χ0n) is 38.4. The first-order valence-electron chi connectivity index (χ1n) is 22.4. The van der Waals surface area contributed by atoms with Gasteiger partial charge in [0.15, 0.2) is 0 Å². The lowest BCUT2D eigenvalue weighted by Crippen LogP contribution is -2.74. The number of rotatable bonds is 12. The number of aromatic nitrogens is 6. The van der Waals surface area contributed by atoms with E-state index >= 15 is 0 Å². The van der Waals surface area contributed by atoms with Crippen LogP contribution < -0.4 is 30.3 Å². The van der Waals surface area contributed by atoms with Gasteiger partial charge in [-0.3, -0.25) is 23.9 Å². The summed E-state index contributed by atoms with van der Waals surface area (Å²) < 4.78 is 16.5. The lowest BCUT2D eigenvalue weighted by atomic mass is 9.49. The van der Waals surface area contributed by atoms with E-state index in [1.54, 1.807) is 35.3 Å². The smallest absolute Gasteiger partial charge is 0.254 e. The molecule has 3 aliphatic rings. The van der Waals surface area contributed by atoms with E-state index in [-0.39, 0.29) is 30.0 Å². The molecule has 1 saturated heterocycles. The Hall–Kier alpha value is -6.70. The maximum Gasteiger partial charge on any atom is 0.254 e. The molecule has 2 aliphatic heterocycles. The van der Waals surface area contributed by atoms with Crippen LogP contribution in [0.25, 0.3) is 33.3 Å². The molecule has 3 N–H and O–H groups in total. The molecule has 5 heterocycles. The van der Waals surface area contributed by atoms with E-state index in [1.807, 2.05) is 44.2 Å². The zero-order chi connectivity index (χ0) is 46.5. The van der Waals surface area contributed by atoms with Crippen molar-refractivity contribution in [3.05, 3.63) is 89.5 Å². The van der Waals surface area contributed by atoms with Crippen molar-refractivity contribution in [2.45, 2.75) is 65.6 Å². The van der Waals surface area contributed by atoms with Gasteiger partial charge in [0.05, 0.1) is 45.8 Å². The summed E-state index contributed by atoms with van der Waals surface area (Å²) in [5.41, 5.74) is 6.27. The summed E-state index contributed by atoms with van der Waals surface area (Å²) in [6.07, 6.45) is 7.95. The number of carbonyl (C=O) groups is 2. The summed E-state index contributed by atoms with van der Waals surface area (Å²) >= 11 is 6.26. The van der Waals surface area contributed by atoms with Crippen LogP contribution in [0.1, 0.15) is 63.4 Å². The van der Waals surface area contributed by atoms with E-state index in [0.717, 1.165) is 78.1 Å². The van der Waals surface area contributed by atoms with Crippen molar-refractivity contribution >= 4 is 51.6 Å². The predicted octanol–water partition coefficient (Wildman–Crippen LogP) is 7.30. The Morgan fingerprint density at radius 1 is 0.970 bits per heavy atom. The third kappa shape index (κ3) is 8.60. The molecule has 66 heavy (non-hydrogen) atoms. The van der Waals surface area contributed by atoms with Gasteiger partial charge in [-0.25, -0.2) is 9.97 Å². The third-order valence-electron chi connectivity index (χ3n) is 13.3. The molecule has 9 rings (SSSR count). The van der Waals surface area contributed by atoms with Gasteiger partial charge in [0.25, 0.3) is 5.91 Å². The van der Waals surface area contributed by atoms with Crippen LogP contribution in [0.15, 0.2) is 73.3 Å². The second kappa shape index (κ2) is 17.6. The van der Waals surface area contributed by atoms with Crippen molar-refractivity contribution in [2.24, 2.45) is 24.9 Å². The number of hydrogen-bond donors (Lipinski definition) is 3. The van der Waals surface area contributed by atoms with Crippen LogP contribution in [0.2, 0.25) is 5.02 Å². The molecule has 16 nitrogen and oxygen atoms in total. The summed E-state index contributed by atoms with van der Waals surface area (Å²) in [7, 11) is 3.84. The zero-order valence-corrected chi connectivity index (χ0v) is 39.1. The monoisotopic (exact) mass is 910 g/mol. The molecule has 6 aromatic rings. The first kappa shape index (κ1) is 44.5. The summed E-state index contributed by atoms with van der Waals surface area (Å²) in [5, 5.41) is 29.7. The predicted molar refractivity (Wildman–Crippen MR) is 255 cm³/mol. The van der Waals surface area contributed by atoms with E-state index in [2.05, 4.69) is 98.8 Å². The van der Waals surface area contributed by atoms with Crippen molar-refractivity contribution in [3.63, 3.8) is 0 Å². The highest BCUT2D eigenvalue weighted by molar-refractivity contribution is 6.31. The summed E-state index contributed by atoms with van der Waals surface area (Å²) in [4.78, 5) is 40.1. The number of benzene rings is 3. The number of amides is 2. The van der Waals surface area contributed by atoms with Gasteiger partial charge in [-0.1, -0.05) is 45.4 Å². The van der Waals surface area contributed by atoms with Gasteiger partial charge in [0.1, 0.15) is 29.4 Å². The van der Waals surface area contributed by atoms with Gasteiger partial charge in [0.2, 0.25) is 11.9 Å². The van der Waals surface area contributed by atoms with Crippen molar-refractivity contribution in [3.8, 4) is 40.0 Å². The Labute approximate surface area is 389 Å². The minimum atomic E-state index is -0.394. The van der Waals surface area contributed by atoms with Crippen LogP contribution in [0.4, 0.5) is 17.3 Å². The van der Waals surface area contributed by atoms with E-state index < -0.39 is 10.8 Å². The molecular formula is C49H55ClN12O4. The van der Waals surface area contributed by atoms with E-state index in [1.165, 1.54) is 0 Å². The molecule has 0 bridgehead atoms. The lowest BCUT2D eigenvalue weighted by Gasteiger charge is -2.63. The number of anilines is 3. The number of piperazine rings is 1. The van der Waals surface area contributed by atoms with Gasteiger partial charge < -0.3 is 30.3 Å². The van der Waals surface area contributed by atoms with Crippen molar-refractivity contribution in [1.82, 2.24) is 39.7 Å². The average Bonchev–Trinajstić information content (AvgIpc) is 3.83. The number of ether oxygens (including phenoxy) is 2. The van der Waals surface area contributed by atoms with Crippen LogP contribution in [-0.2, 0) is 18.9 Å². The Balaban J connectivity index is 0.790. The van der Waals surface area contributed by atoms with Crippen LogP contribution in [0.3, 0.4) is 0 Å². The second-order valence-corrected chi connectivity index (χ2v) is 19.3. The Bertz CT molecular complexity index is 2840. The number of hydrogen-bond acceptors (Lipinski definition) is 12. The SMILES string of the molecule is CC1CC(=O)Nc2cc(OCCCN3CCN(c4ncc(C(=O)NC5C(C)(C)C(Oc6ccc(C#N)c(Cl)c6)C5(C)C)cn4)CC3)cc(-c3ccc4c(c3)c(-c3cnn(C)c3)nn4C)c2N1. The highest BCUT2D eigenvalue weighted by atomic mass is 35.5. The fourth-order valence-corrected chi connectivity index (χ4v) is 10.4. The second-order valence-electron chi connectivity index (χ2n) is 18.9. The maximum atomic E-state index is 13.5. The minimum Gasteiger partial charge on any atom is -0.493 e. The van der Waals surface area contributed by atoms with E-state index in [4.69, 9.17) is 26.2 Å². The van der Waals surface area contributed by atoms with Gasteiger partial charge in [-0.15, -0.1) is 0 Å². The summed E-state index contributed by atoms with van der Waals surface area (Å²) in [6, 6.07) is 17.2. The van der Waals surface area contributed by atoms with Gasteiger partial charge >= 0.3 is 0 Å². The topological polar surface area (TPSA) is 180 Å². The Kier molecular flexibility index (Phi) is 11.9. The molecular weight excluding hydrogens is 856 g/mol. The molecule has 17 heteroatoms. The molecule has 3 aromatic carbocycles. The van der Waals surface area contributed by atoms with Crippen LogP contribution >= 0.6 is 11.6 Å². The number of fused-ring (bicyclic) bond motifs is 2. The number of nitrogens with zero attached hydrogens (tertiary/aromatic N) is 9. The summed E-state index contributed by atoms with van der Waals surface area (Å²) in [6.45, 7) is 14.9. The lowest BCUT2D eigenvalue weighted by molar-refractivity contribution is -0.164. The molecule has 1 saturated carbocycles. The van der Waals surface area contributed by atoms with Crippen LogP contribution in [-0.4, -0.2) is 104 Å². The van der Waals surface area contributed by atoms with Gasteiger partial charge in [-0.05, 0) is 49.2 Å². The minimum absolute atomic E-state index is 0.0452. The Morgan fingerprint density at radius 3 is 2.42 bits per heavy atom. The Morgan fingerprint density at radius 2 is 1.73 bits per heavy atom. The number of nitrogens with one attached hydrogen (secondary N) is 3. The third-order valence-corrected chi connectivity index (χ3v) is 13.6. The maximum absolute atomic E-state index is 13.5. The highest BCUT2D eigenvalue weighted by Gasteiger charge is 2.64. The van der Waals surface area contributed by atoms with Crippen molar-refractivity contribution < 1.29 is 19.1 Å². The number of nitriles is 1. The molecule has 1 unspecified atom stereocenters. The molecule has 1 aliphatic carbocycles. The first-order chi connectivity index (χ1) is 31.6.